The standard InChI is InChI=1S/C61H115NO3/c1-3-5-7-9-11-13-15-17-19-21-23-25-27-28-29-30-31-32-33-34-35-37-39-41-43-45-47-49-51-53-55-57-61(65)62-59(58-63)60(64)56-54-52-50-48-46-44-42-40-38-36-26-24-22-20-18-16-14-12-10-8-6-4-2/h15,17,21,23,27-28,54,56,59-60,63-64H,3-14,16,18-20,22,24-26,29-53,55,57-58H2,1-2H3,(H,62,65)/b17-15-,23-21-,28-27-,56-54+. The molecule has 0 rings (SSSR count). The van der Waals surface area contributed by atoms with Crippen LogP contribution in [-0.4, -0.2) is 34.9 Å². The molecule has 0 aliphatic heterocycles. The molecular formula is C61H115NO3. The number of aliphatic hydroxyl groups is 2. The summed E-state index contributed by atoms with van der Waals surface area (Å²) in [6.07, 6.45) is 78.5. The molecule has 4 heteroatoms. The quantitative estimate of drug-likeness (QED) is 0.0421. The van der Waals surface area contributed by atoms with Crippen LogP contribution in [0.5, 0.6) is 0 Å². The number of unbranched alkanes of at least 4 members (excludes halogenated alkanes) is 41. The fourth-order valence-corrected chi connectivity index (χ4v) is 9.07. The highest BCUT2D eigenvalue weighted by Gasteiger charge is 2.18. The van der Waals surface area contributed by atoms with Crippen LogP contribution in [0.3, 0.4) is 0 Å². The van der Waals surface area contributed by atoms with Crippen molar-refractivity contribution in [1.29, 1.82) is 0 Å². The van der Waals surface area contributed by atoms with E-state index in [1.54, 1.807) is 6.08 Å². The Balaban J connectivity index is 3.48. The molecule has 0 fully saturated rings. The van der Waals surface area contributed by atoms with Crippen LogP contribution in [-0.2, 0) is 4.79 Å². The first-order valence-electron chi connectivity index (χ1n) is 29.4. The summed E-state index contributed by atoms with van der Waals surface area (Å²) >= 11 is 0. The number of aliphatic hydroxyl groups excluding tert-OH is 2. The van der Waals surface area contributed by atoms with Gasteiger partial charge in [0.05, 0.1) is 18.8 Å². The van der Waals surface area contributed by atoms with Crippen LogP contribution in [0, 0.1) is 0 Å². The zero-order valence-corrected chi connectivity index (χ0v) is 44.0. The van der Waals surface area contributed by atoms with Gasteiger partial charge in [0.2, 0.25) is 5.91 Å². The van der Waals surface area contributed by atoms with Gasteiger partial charge in [-0.15, -0.1) is 0 Å². The van der Waals surface area contributed by atoms with Gasteiger partial charge < -0.3 is 15.5 Å². The van der Waals surface area contributed by atoms with Gasteiger partial charge in [-0.05, 0) is 57.8 Å². The van der Waals surface area contributed by atoms with E-state index in [-0.39, 0.29) is 12.5 Å². The Labute approximate surface area is 407 Å². The van der Waals surface area contributed by atoms with Crippen molar-refractivity contribution in [1.82, 2.24) is 5.32 Å². The summed E-state index contributed by atoms with van der Waals surface area (Å²) in [5, 5.41) is 23.2. The molecule has 0 saturated heterocycles. The van der Waals surface area contributed by atoms with Crippen molar-refractivity contribution in [2.24, 2.45) is 0 Å². The first-order chi connectivity index (χ1) is 32.2. The third-order valence-corrected chi connectivity index (χ3v) is 13.6. The fourth-order valence-electron chi connectivity index (χ4n) is 9.07. The van der Waals surface area contributed by atoms with Gasteiger partial charge in [-0.2, -0.15) is 0 Å². The van der Waals surface area contributed by atoms with Gasteiger partial charge in [0.1, 0.15) is 0 Å². The van der Waals surface area contributed by atoms with E-state index in [2.05, 4.69) is 55.6 Å². The van der Waals surface area contributed by atoms with E-state index in [4.69, 9.17) is 0 Å². The Morgan fingerprint density at radius 2 is 0.631 bits per heavy atom. The minimum Gasteiger partial charge on any atom is -0.394 e. The van der Waals surface area contributed by atoms with Crippen LogP contribution in [0.25, 0.3) is 0 Å². The molecule has 0 aliphatic carbocycles. The van der Waals surface area contributed by atoms with Crippen molar-refractivity contribution in [3.8, 4) is 0 Å². The second-order valence-corrected chi connectivity index (χ2v) is 20.1. The van der Waals surface area contributed by atoms with Gasteiger partial charge in [0.15, 0.2) is 0 Å². The average molecular weight is 911 g/mol. The molecule has 1 amide bonds. The smallest absolute Gasteiger partial charge is 0.220 e. The summed E-state index contributed by atoms with van der Waals surface area (Å²) in [4.78, 5) is 12.5. The van der Waals surface area contributed by atoms with Crippen LogP contribution in [0.4, 0.5) is 0 Å². The second kappa shape index (κ2) is 56.7. The summed E-state index contributed by atoms with van der Waals surface area (Å²) in [6, 6.07) is -0.623. The van der Waals surface area contributed by atoms with E-state index in [9.17, 15) is 15.0 Å². The van der Waals surface area contributed by atoms with Gasteiger partial charge in [0, 0.05) is 6.42 Å². The Morgan fingerprint density at radius 1 is 0.369 bits per heavy atom. The first kappa shape index (κ1) is 63.4. The molecule has 0 radical (unpaired) electrons. The third kappa shape index (κ3) is 53.2. The van der Waals surface area contributed by atoms with E-state index < -0.39 is 12.1 Å². The lowest BCUT2D eigenvalue weighted by molar-refractivity contribution is -0.123. The van der Waals surface area contributed by atoms with Gasteiger partial charge in [-0.3, -0.25) is 4.79 Å². The molecule has 0 bridgehead atoms. The topological polar surface area (TPSA) is 69.6 Å². The number of hydrogen-bond donors (Lipinski definition) is 3. The van der Waals surface area contributed by atoms with Crippen LogP contribution < -0.4 is 5.32 Å². The number of carbonyl (C=O) groups is 1. The number of rotatable bonds is 54. The SMILES string of the molecule is CCCCCCC/C=C\C/C=C\C/C=C\CCCCCCCCCCCCCCCCCCC(=O)NC(CO)C(O)/C=C/CCCCCCCCCCCCCCCCCCCCCC. The number of carbonyl (C=O) groups excluding carboxylic acids is 1. The van der Waals surface area contributed by atoms with E-state index in [1.807, 2.05) is 6.08 Å². The maximum Gasteiger partial charge on any atom is 0.220 e. The highest BCUT2D eigenvalue weighted by atomic mass is 16.3. The molecule has 0 heterocycles. The van der Waals surface area contributed by atoms with Crippen LogP contribution in [0.1, 0.15) is 316 Å². The molecule has 2 unspecified atom stereocenters. The Morgan fingerprint density at radius 3 is 0.938 bits per heavy atom. The Kier molecular flexibility index (Phi) is 55.2. The zero-order chi connectivity index (χ0) is 47.0. The molecule has 0 aliphatic rings. The molecule has 2 atom stereocenters. The van der Waals surface area contributed by atoms with Crippen molar-refractivity contribution < 1.29 is 15.0 Å². The summed E-state index contributed by atoms with van der Waals surface area (Å²) in [6.45, 7) is 4.33. The van der Waals surface area contributed by atoms with Gasteiger partial charge >= 0.3 is 0 Å². The fraction of sp³-hybridized carbons (Fsp3) is 0.852. The molecule has 0 spiro atoms. The van der Waals surface area contributed by atoms with Crippen LogP contribution in [0.15, 0.2) is 48.6 Å². The maximum absolute atomic E-state index is 12.5. The van der Waals surface area contributed by atoms with E-state index >= 15 is 0 Å². The highest BCUT2D eigenvalue weighted by Crippen LogP contribution is 2.17. The lowest BCUT2D eigenvalue weighted by Gasteiger charge is -2.20. The molecule has 0 aromatic rings. The van der Waals surface area contributed by atoms with Gasteiger partial charge in [-0.1, -0.05) is 300 Å². The second-order valence-electron chi connectivity index (χ2n) is 20.1. The summed E-state index contributed by atoms with van der Waals surface area (Å²) in [5.74, 6) is -0.0603. The van der Waals surface area contributed by atoms with Gasteiger partial charge in [-0.25, -0.2) is 0 Å². The van der Waals surface area contributed by atoms with Gasteiger partial charge in [0.25, 0.3) is 0 Å². The third-order valence-electron chi connectivity index (χ3n) is 13.6. The number of hydrogen-bond acceptors (Lipinski definition) is 3. The summed E-state index contributed by atoms with van der Waals surface area (Å²) in [7, 11) is 0. The number of nitrogens with one attached hydrogen (secondary N) is 1. The predicted octanol–water partition coefficient (Wildman–Crippen LogP) is 19.4. The molecule has 382 valence electrons. The lowest BCUT2D eigenvalue weighted by Crippen LogP contribution is -2.45. The minimum absolute atomic E-state index is 0.0603. The van der Waals surface area contributed by atoms with Crippen molar-refractivity contribution in [3.63, 3.8) is 0 Å². The summed E-state index contributed by atoms with van der Waals surface area (Å²) < 4.78 is 0. The van der Waals surface area contributed by atoms with E-state index in [0.717, 1.165) is 38.5 Å². The van der Waals surface area contributed by atoms with Crippen molar-refractivity contribution >= 4 is 5.91 Å². The number of allylic oxidation sites excluding steroid dienone is 7. The van der Waals surface area contributed by atoms with Crippen LogP contribution >= 0.6 is 0 Å². The predicted molar refractivity (Wildman–Crippen MR) is 290 cm³/mol. The molecule has 3 N–H and O–H groups in total. The molecule has 65 heavy (non-hydrogen) atoms. The largest absolute Gasteiger partial charge is 0.394 e. The lowest BCUT2D eigenvalue weighted by atomic mass is 10.0. The highest BCUT2D eigenvalue weighted by molar-refractivity contribution is 5.76. The molecular weight excluding hydrogens is 795 g/mol. The van der Waals surface area contributed by atoms with Crippen molar-refractivity contribution in [2.75, 3.05) is 6.61 Å². The Hall–Kier alpha value is -1.65. The average Bonchev–Trinajstić information content (AvgIpc) is 3.31. The van der Waals surface area contributed by atoms with E-state index in [1.165, 1.54) is 257 Å². The zero-order valence-electron chi connectivity index (χ0n) is 44.0. The molecule has 4 nitrogen and oxygen atoms in total. The maximum atomic E-state index is 12.5. The van der Waals surface area contributed by atoms with E-state index in [0.29, 0.717) is 6.42 Å². The molecule has 0 saturated carbocycles. The normalized spacial score (nSPS) is 13.1. The summed E-state index contributed by atoms with van der Waals surface area (Å²) in [5.41, 5.74) is 0. The first-order valence-corrected chi connectivity index (χ1v) is 29.4. The molecule has 0 aromatic carbocycles. The van der Waals surface area contributed by atoms with Crippen molar-refractivity contribution in [3.05, 3.63) is 48.6 Å². The molecule has 0 aromatic heterocycles. The monoisotopic (exact) mass is 910 g/mol. The van der Waals surface area contributed by atoms with Crippen molar-refractivity contribution in [2.45, 2.75) is 328 Å². The number of amides is 1. The van der Waals surface area contributed by atoms with Crippen LogP contribution in [0.2, 0.25) is 0 Å². The minimum atomic E-state index is -0.840. The Bertz CT molecular complexity index is 1030.